The number of nitrogens with one attached hydrogen (secondary N) is 1. The zero-order valence-electron chi connectivity index (χ0n) is 11.1. The van der Waals surface area contributed by atoms with E-state index in [4.69, 9.17) is 5.73 Å². The second kappa shape index (κ2) is 6.94. The van der Waals surface area contributed by atoms with Gasteiger partial charge in [0.05, 0.1) is 13.1 Å². The highest BCUT2D eigenvalue weighted by molar-refractivity contribution is 5.78. The van der Waals surface area contributed by atoms with E-state index in [-0.39, 0.29) is 19.6 Å². The Kier molecular flexibility index (Phi) is 6.62. The fourth-order valence-corrected chi connectivity index (χ4v) is 1.36. The predicted octanol–water partition coefficient (Wildman–Crippen LogP) is 1.11. The fraction of sp³-hybridized carbons (Fsp3) is 0.909. The van der Waals surface area contributed by atoms with Crippen molar-refractivity contribution in [1.29, 1.82) is 0 Å². The van der Waals surface area contributed by atoms with Crippen molar-refractivity contribution < 1.29 is 18.0 Å². The highest BCUT2D eigenvalue weighted by Gasteiger charge is 2.31. The summed E-state index contributed by atoms with van der Waals surface area (Å²) in [6, 6.07) is 0. The molecule has 0 radical (unpaired) electrons. The Labute approximate surface area is 106 Å². The van der Waals surface area contributed by atoms with Crippen LogP contribution in [0.4, 0.5) is 13.2 Å². The molecule has 0 aliphatic heterocycles. The van der Waals surface area contributed by atoms with E-state index in [1.165, 1.54) is 0 Å². The van der Waals surface area contributed by atoms with Crippen LogP contribution in [0.3, 0.4) is 0 Å². The summed E-state index contributed by atoms with van der Waals surface area (Å²) in [7, 11) is 0. The lowest BCUT2D eigenvalue weighted by atomic mass is 10.0. The second-order valence-electron chi connectivity index (χ2n) is 4.90. The number of nitrogens with zero attached hydrogens (tertiary/aromatic N) is 1. The topological polar surface area (TPSA) is 58.4 Å². The summed E-state index contributed by atoms with van der Waals surface area (Å²) >= 11 is 0. The Bertz CT molecular complexity index is 267. The molecule has 1 amide bonds. The molecule has 0 unspecified atom stereocenters. The van der Waals surface area contributed by atoms with Crippen LogP contribution in [0, 0.1) is 0 Å². The van der Waals surface area contributed by atoms with Crippen LogP contribution in [0.1, 0.15) is 27.2 Å². The van der Waals surface area contributed by atoms with Gasteiger partial charge in [0, 0.05) is 18.6 Å². The lowest BCUT2D eigenvalue weighted by molar-refractivity contribution is -0.148. The zero-order chi connectivity index (χ0) is 14.4. The molecule has 0 spiro atoms. The van der Waals surface area contributed by atoms with Gasteiger partial charge < -0.3 is 11.1 Å². The van der Waals surface area contributed by atoms with Crippen LogP contribution in [-0.4, -0.2) is 48.7 Å². The first-order valence-corrected chi connectivity index (χ1v) is 5.90. The van der Waals surface area contributed by atoms with Crippen LogP contribution in [0.15, 0.2) is 0 Å². The van der Waals surface area contributed by atoms with E-state index in [1.54, 1.807) is 0 Å². The van der Waals surface area contributed by atoms with Gasteiger partial charge in [-0.2, -0.15) is 13.2 Å². The summed E-state index contributed by atoms with van der Waals surface area (Å²) < 4.78 is 36.8. The first-order valence-electron chi connectivity index (χ1n) is 5.90. The van der Waals surface area contributed by atoms with Crippen molar-refractivity contribution in [2.24, 2.45) is 5.73 Å². The predicted molar refractivity (Wildman–Crippen MR) is 64.1 cm³/mol. The van der Waals surface area contributed by atoms with Gasteiger partial charge in [0.15, 0.2) is 0 Å². The molecule has 108 valence electrons. The van der Waals surface area contributed by atoms with Crippen LogP contribution in [-0.2, 0) is 4.79 Å². The number of nitrogens with two attached hydrogens (primary N) is 1. The van der Waals surface area contributed by atoms with E-state index in [0.29, 0.717) is 6.42 Å². The number of alkyl halides is 3. The summed E-state index contributed by atoms with van der Waals surface area (Å²) in [4.78, 5) is 12.6. The minimum atomic E-state index is -4.32. The van der Waals surface area contributed by atoms with E-state index in [9.17, 15) is 18.0 Å². The Hall–Kier alpha value is -0.820. The Morgan fingerprint density at radius 1 is 1.33 bits per heavy atom. The molecule has 0 rings (SSSR count). The highest BCUT2D eigenvalue weighted by atomic mass is 19.4. The van der Waals surface area contributed by atoms with Crippen molar-refractivity contribution in [3.8, 4) is 0 Å². The van der Waals surface area contributed by atoms with Crippen molar-refractivity contribution in [3.05, 3.63) is 0 Å². The van der Waals surface area contributed by atoms with Gasteiger partial charge in [0.2, 0.25) is 5.91 Å². The van der Waals surface area contributed by atoms with Gasteiger partial charge in [-0.05, 0) is 20.3 Å². The monoisotopic (exact) mass is 269 g/mol. The molecule has 0 heterocycles. The molecule has 7 heteroatoms. The van der Waals surface area contributed by atoms with Gasteiger partial charge in [-0.25, -0.2) is 0 Å². The maximum atomic E-state index is 12.3. The molecule has 0 aliphatic carbocycles. The molecule has 0 saturated carbocycles. The van der Waals surface area contributed by atoms with Crippen molar-refractivity contribution in [2.45, 2.75) is 38.9 Å². The van der Waals surface area contributed by atoms with Crippen LogP contribution >= 0.6 is 0 Å². The quantitative estimate of drug-likeness (QED) is 0.728. The molecule has 0 aromatic rings. The third-order valence-corrected chi connectivity index (χ3v) is 2.58. The van der Waals surface area contributed by atoms with Gasteiger partial charge in [0.25, 0.3) is 0 Å². The first kappa shape index (κ1) is 17.2. The number of carbonyl (C=O) groups is 1. The zero-order valence-corrected chi connectivity index (χ0v) is 11.1. The second-order valence-corrected chi connectivity index (χ2v) is 4.90. The minimum Gasteiger partial charge on any atom is -0.350 e. The summed E-state index contributed by atoms with van der Waals surface area (Å²) in [5.41, 5.74) is 4.82. The first-order chi connectivity index (χ1) is 8.09. The van der Waals surface area contributed by atoms with E-state index < -0.39 is 24.2 Å². The number of hydrogen-bond acceptors (Lipinski definition) is 3. The van der Waals surface area contributed by atoms with E-state index in [0.717, 1.165) is 4.90 Å². The summed E-state index contributed by atoms with van der Waals surface area (Å²) in [5.74, 6) is -0.417. The van der Waals surface area contributed by atoms with E-state index in [2.05, 4.69) is 5.32 Å². The SMILES string of the molecule is CCC(C)(C)NC(=O)CN(CCN)CC(F)(F)F. The molecule has 0 aliphatic rings. The number of rotatable bonds is 7. The van der Waals surface area contributed by atoms with Gasteiger partial charge in [-0.3, -0.25) is 9.69 Å². The van der Waals surface area contributed by atoms with Gasteiger partial charge >= 0.3 is 6.18 Å². The van der Waals surface area contributed by atoms with Crippen molar-refractivity contribution in [1.82, 2.24) is 10.2 Å². The van der Waals surface area contributed by atoms with E-state index >= 15 is 0 Å². The molecular weight excluding hydrogens is 247 g/mol. The normalized spacial score (nSPS) is 12.9. The van der Waals surface area contributed by atoms with Crippen molar-refractivity contribution >= 4 is 5.91 Å². The maximum Gasteiger partial charge on any atom is 0.401 e. The average molecular weight is 269 g/mol. The van der Waals surface area contributed by atoms with Crippen LogP contribution in [0.2, 0.25) is 0 Å². The van der Waals surface area contributed by atoms with Crippen molar-refractivity contribution in [3.63, 3.8) is 0 Å². The number of amides is 1. The molecule has 3 N–H and O–H groups in total. The third kappa shape index (κ3) is 8.30. The molecule has 4 nitrogen and oxygen atoms in total. The molecule has 0 fully saturated rings. The van der Waals surface area contributed by atoms with Gasteiger partial charge in [-0.1, -0.05) is 6.92 Å². The number of carbonyl (C=O) groups excluding carboxylic acids is 1. The number of hydrogen-bond donors (Lipinski definition) is 2. The van der Waals surface area contributed by atoms with Gasteiger partial charge in [-0.15, -0.1) is 0 Å². The molecule has 0 aromatic heterocycles. The van der Waals surface area contributed by atoms with E-state index in [1.807, 2.05) is 20.8 Å². The Balaban J connectivity index is 4.37. The van der Waals surface area contributed by atoms with Crippen molar-refractivity contribution in [2.75, 3.05) is 26.2 Å². The summed E-state index contributed by atoms with van der Waals surface area (Å²) in [6.45, 7) is 4.25. The number of halogens is 3. The molecule has 0 bridgehead atoms. The molecular formula is C11H22F3N3O. The molecule has 0 saturated heterocycles. The summed E-state index contributed by atoms with van der Waals surface area (Å²) in [5, 5.41) is 2.69. The fourth-order valence-electron chi connectivity index (χ4n) is 1.36. The maximum absolute atomic E-state index is 12.3. The Morgan fingerprint density at radius 2 is 1.89 bits per heavy atom. The largest absolute Gasteiger partial charge is 0.401 e. The third-order valence-electron chi connectivity index (χ3n) is 2.58. The molecule has 0 aromatic carbocycles. The average Bonchev–Trinajstić information content (AvgIpc) is 2.14. The standard InChI is InChI=1S/C11H22F3N3O/c1-4-10(2,3)16-9(18)7-17(6-5-15)8-11(12,13)14/h4-8,15H2,1-3H3,(H,16,18). The van der Waals surface area contributed by atoms with Crippen LogP contribution in [0.25, 0.3) is 0 Å². The van der Waals surface area contributed by atoms with Crippen LogP contribution in [0.5, 0.6) is 0 Å². The Morgan fingerprint density at radius 3 is 2.28 bits per heavy atom. The smallest absolute Gasteiger partial charge is 0.350 e. The highest BCUT2D eigenvalue weighted by Crippen LogP contribution is 2.16. The lowest BCUT2D eigenvalue weighted by Gasteiger charge is -2.27. The minimum absolute atomic E-state index is 0.0412. The van der Waals surface area contributed by atoms with Gasteiger partial charge in [0.1, 0.15) is 0 Å². The lowest BCUT2D eigenvalue weighted by Crippen LogP contribution is -2.49. The summed E-state index contributed by atoms with van der Waals surface area (Å²) in [6.07, 6.45) is -3.62. The molecule has 0 atom stereocenters. The van der Waals surface area contributed by atoms with Crippen LogP contribution < -0.4 is 11.1 Å². The molecule has 18 heavy (non-hydrogen) atoms.